The molecule has 0 spiro atoms. The topological polar surface area (TPSA) is 26.3 Å². The third kappa shape index (κ3) is 2.86. The Morgan fingerprint density at radius 1 is 1.00 bits per heavy atom. The maximum atomic E-state index is 10.7. The third-order valence-electron chi connectivity index (χ3n) is 2.59. The molecule has 2 rings (SSSR count). The lowest BCUT2D eigenvalue weighted by molar-refractivity contribution is -0.104. The molecule has 0 radical (unpaired) electrons. The number of hydrogen-bond donors (Lipinski definition) is 0. The van der Waals surface area contributed by atoms with E-state index in [9.17, 15) is 4.79 Å². The van der Waals surface area contributed by atoms with Crippen LogP contribution < -0.4 is 4.74 Å². The van der Waals surface area contributed by atoms with Gasteiger partial charge in [0.05, 0.1) is 0 Å². The molecule has 18 heavy (non-hydrogen) atoms. The molecular formula is C16H14O2. The number of benzene rings is 2. The van der Waals surface area contributed by atoms with E-state index in [4.69, 9.17) is 4.74 Å². The van der Waals surface area contributed by atoms with Gasteiger partial charge in [-0.15, -0.1) is 0 Å². The first-order chi connectivity index (χ1) is 8.81. The van der Waals surface area contributed by atoms with Crippen LogP contribution in [-0.2, 0) is 4.79 Å². The van der Waals surface area contributed by atoms with Gasteiger partial charge in [-0.2, -0.15) is 0 Å². The normalized spacial score (nSPS) is 11.1. The second kappa shape index (κ2) is 5.82. The zero-order valence-electron chi connectivity index (χ0n) is 10.2. The molecule has 90 valence electrons. The molecule has 2 aromatic rings. The fourth-order valence-corrected chi connectivity index (χ4v) is 1.64. The van der Waals surface area contributed by atoms with Crippen LogP contribution in [0.3, 0.4) is 0 Å². The third-order valence-corrected chi connectivity index (χ3v) is 2.59. The maximum absolute atomic E-state index is 10.7. The van der Waals surface area contributed by atoms with Crippen molar-refractivity contribution in [1.29, 1.82) is 0 Å². The van der Waals surface area contributed by atoms with Crippen molar-refractivity contribution in [2.24, 2.45) is 0 Å². The largest absolute Gasteiger partial charge is 0.456 e. The first-order valence-electron chi connectivity index (χ1n) is 5.75. The lowest BCUT2D eigenvalue weighted by Crippen LogP contribution is -1.96. The number of rotatable bonds is 4. The number of ether oxygens (including phenoxy) is 1. The number of aryl methyl sites for hydroxylation is 1. The van der Waals surface area contributed by atoms with Crippen LogP contribution in [0.5, 0.6) is 5.75 Å². The molecule has 0 atom stereocenters. The van der Waals surface area contributed by atoms with E-state index in [1.807, 2.05) is 61.5 Å². The predicted octanol–water partition coefficient (Wildman–Crippen LogP) is 3.61. The number of allylic oxidation sites excluding steroid dienone is 1. The SMILES string of the molecule is Cc1ccccc1O/C(=C\C=O)c1ccccc1. The number of aldehydes is 1. The van der Waals surface area contributed by atoms with Crippen LogP contribution in [0.2, 0.25) is 0 Å². The van der Waals surface area contributed by atoms with E-state index in [-0.39, 0.29) is 0 Å². The quantitative estimate of drug-likeness (QED) is 0.462. The van der Waals surface area contributed by atoms with Crippen LogP contribution in [0.1, 0.15) is 11.1 Å². The Kier molecular flexibility index (Phi) is 3.92. The average Bonchev–Trinajstić information content (AvgIpc) is 2.42. The fourth-order valence-electron chi connectivity index (χ4n) is 1.64. The second-order valence-electron chi connectivity index (χ2n) is 3.90. The molecule has 0 aliphatic rings. The molecular weight excluding hydrogens is 224 g/mol. The second-order valence-corrected chi connectivity index (χ2v) is 3.90. The Morgan fingerprint density at radius 3 is 2.33 bits per heavy atom. The minimum atomic E-state index is 0.555. The van der Waals surface area contributed by atoms with E-state index < -0.39 is 0 Å². The van der Waals surface area contributed by atoms with Gasteiger partial charge in [-0.25, -0.2) is 0 Å². The summed E-state index contributed by atoms with van der Waals surface area (Å²) in [6, 6.07) is 17.3. The predicted molar refractivity (Wildman–Crippen MR) is 72.3 cm³/mol. The number of carbonyl (C=O) groups is 1. The summed E-state index contributed by atoms with van der Waals surface area (Å²) in [4.78, 5) is 10.7. The highest BCUT2D eigenvalue weighted by molar-refractivity contribution is 5.79. The highest BCUT2D eigenvalue weighted by Gasteiger charge is 2.05. The van der Waals surface area contributed by atoms with Crippen LogP contribution in [0.4, 0.5) is 0 Å². The molecule has 2 nitrogen and oxygen atoms in total. The summed E-state index contributed by atoms with van der Waals surface area (Å²) < 4.78 is 5.80. The van der Waals surface area contributed by atoms with Crippen molar-refractivity contribution < 1.29 is 9.53 Å². The molecule has 0 aliphatic carbocycles. The van der Waals surface area contributed by atoms with Crippen LogP contribution in [-0.4, -0.2) is 6.29 Å². The van der Waals surface area contributed by atoms with E-state index in [1.165, 1.54) is 6.08 Å². The van der Waals surface area contributed by atoms with Gasteiger partial charge in [-0.1, -0.05) is 48.5 Å². The van der Waals surface area contributed by atoms with Crippen LogP contribution in [0.15, 0.2) is 60.7 Å². The molecule has 0 amide bonds. The lowest BCUT2D eigenvalue weighted by atomic mass is 10.1. The van der Waals surface area contributed by atoms with E-state index >= 15 is 0 Å². The van der Waals surface area contributed by atoms with Gasteiger partial charge in [-0.3, -0.25) is 4.79 Å². The van der Waals surface area contributed by atoms with Crippen molar-refractivity contribution >= 4 is 12.0 Å². The lowest BCUT2D eigenvalue weighted by Gasteiger charge is -2.11. The van der Waals surface area contributed by atoms with Gasteiger partial charge in [0.1, 0.15) is 17.8 Å². The molecule has 0 unspecified atom stereocenters. The first-order valence-corrected chi connectivity index (χ1v) is 5.75. The number of carbonyl (C=O) groups excluding carboxylic acids is 1. The zero-order valence-corrected chi connectivity index (χ0v) is 10.2. The Morgan fingerprint density at radius 2 is 1.67 bits per heavy atom. The van der Waals surface area contributed by atoms with Crippen LogP contribution >= 0.6 is 0 Å². The van der Waals surface area contributed by atoms with E-state index in [1.54, 1.807) is 0 Å². The van der Waals surface area contributed by atoms with Crippen molar-refractivity contribution in [3.63, 3.8) is 0 Å². The van der Waals surface area contributed by atoms with Crippen LogP contribution in [0.25, 0.3) is 5.76 Å². The van der Waals surface area contributed by atoms with E-state index in [2.05, 4.69) is 0 Å². The molecule has 0 fully saturated rings. The van der Waals surface area contributed by atoms with Gasteiger partial charge in [0, 0.05) is 11.6 Å². The van der Waals surface area contributed by atoms with Crippen molar-refractivity contribution in [3.05, 3.63) is 71.8 Å². The van der Waals surface area contributed by atoms with Crippen molar-refractivity contribution in [1.82, 2.24) is 0 Å². The molecule has 2 heteroatoms. The molecule has 0 aromatic heterocycles. The summed E-state index contributed by atoms with van der Waals surface area (Å²) in [5.41, 5.74) is 1.91. The van der Waals surface area contributed by atoms with Gasteiger partial charge in [-0.05, 0) is 18.6 Å². The maximum Gasteiger partial charge on any atom is 0.146 e. The van der Waals surface area contributed by atoms with Crippen molar-refractivity contribution in [3.8, 4) is 5.75 Å². The monoisotopic (exact) mass is 238 g/mol. The van der Waals surface area contributed by atoms with E-state index in [0.29, 0.717) is 5.76 Å². The average molecular weight is 238 g/mol. The summed E-state index contributed by atoms with van der Waals surface area (Å²) in [6.45, 7) is 1.97. The number of hydrogen-bond acceptors (Lipinski definition) is 2. The van der Waals surface area contributed by atoms with Gasteiger partial charge >= 0.3 is 0 Å². The Labute approximate surface area is 107 Å². The van der Waals surface area contributed by atoms with Crippen LogP contribution in [0, 0.1) is 6.92 Å². The Balaban J connectivity index is 2.32. The zero-order chi connectivity index (χ0) is 12.8. The summed E-state index contributed by atoms with van der Waals surface area (Å²) in [7, 11) is 0. The first kappa shape index (κ1) is 12.1. The molecule has 0 saturated carbocycles. The highest BCUT2D eigenvalue weighted by Crippen LogP contribution is 2.23. The number of para-hydroxylation sites is 1. The summed E-state index contributed by atoms with van der Waals surface area (Å²) in [5, 5.41) is 0. The van der Waals surface area contributed by atoms with Crippen molar-refractivity contribution in [2.45, 2.75) is 6.92 Å². The molecule has 0 N–H and O–H groups in total. The fraction of sp³-hybridized carbons (Fsp3) is 0.0625. The summed E-state index contributed by atoms with van der Waals surface area (Å²) in [6.07, 6.45) is 2.17. The standard InChI is InChI=1S/C16H14O2/c1-13-7-5-6-10-15(13)18-16(11-12-17)14-8-3-2-4-9-14/h2-12H,1H3/b16-11-. The highest BCUT2D eigenvalue weighted by atomic mass is 16.5. The minimum Gasteiger partial charge on any atom is -0.456 e. The smallest absolute Gasteiger partial charge is 0.146 e. The molecule has 0 heterocycles. The van der Waals surface area contributed by atoms with Gasteiger partial charge < -0.3 is 4.74 Å². The molecule has 0 bridgehead atoms. The van der Waals surface area contributed by atoms with E-state index in [0.717, 1.165) is 23.2 Å². The molecule has 2 aromatic carbocycles. The summed E-state index contributed by atoms with van der Waals surface area (Å²) >= 11 is 0. The van der Waals surface area contributed by atoms with Gasteiger partial charge in [0.15, 0.2) is 0 Å². The molecule has 0 saturated heterocycles. The Hall–Kier alpha value is -2.35. The van der Waals surface area contributed by atoms with Gasteiger partial charge in [0.25, 0.3) is 0 Å². The molecule has 0 aliphatic heterocycles. The minimum absolute atomic E-state index is 0.555. The van der Waals surface area contributed by atoms with Gasteiger partial charge in [0.2, 0.25) is 0 Å². The summed E-state index contributed by atoms with van der Waals surface area (Å²) in [5.74, 6) is 1.31. The Bertz CT molecular complexity index is 556. The van der Waals surface area contributed by atoms with Crippen molar-refractivity contribution in [2.75, 3.05) is 0 Å².